The molecule has 8 heteroatoms. The van der Waals surface area contributed by atoms with Crippen molar-refractivity contribution in [2.75, 3.05) is 6.61 Å². The quantitative estimate of drug-likeness (QED) is 0.394. The number of aliphatic carboxylic acids is 1. The number of alkyl halides is 1. The molecule has 0 fully saturated rings. The van der Waals surface area contributed by atoms with E-state index in [4.69, 9.17) is 19.1 Å². The maximum atomic E-state index is 13.0. The second kappa shape index (κ2) is 9.37. The lowest BCUT2D eigenvalue weighted by atomic mass is 9.71. The number of halogens is 1. The second-order valence-electron chi connectivity index (χ2n) is 9.87. The van der Waals surface area contributed by atoms with E-state index in [1.54, 1.807) is 12.1 Å². The molecule has 1 N–H and O–H groups in total. The lowest BCUT2D eigenvalue weighted by Crippen LogP contribution is -2.24. The molecule has 0 atom stereocenters. The van der Waals surface area contributed by atoms with Crippen molar-refractivity contribution in [1.82, 2.24) is 5.16 Å². The van der Waals surface area contributed by atoms with Crippen LogP contribution in [0.2, 0.25) is 0 Å². The maximum Gasteiger partial charge on any atom is 0.311 e. The van der Waals surface area contributed by atoms with E-state index >= 15 is 0 Å². The van der Waals surface area contributed by atoms with E-state index in [0.717, 1.165) is 16.9 Å². The Bertz CT molecular complexity index is 1080. The van der Waals surface area contributed by atoms with Crippen molar-refractivity contribution >= 4 is 17.7 Å². The van der Waals surface area contributed by atoms with E-state index < -0.39 is 18.6 Å². The molecule has 0 radical (unpaired) electrons. The van der Waals surface area contributed by atoms with E-state index in [9.17, 15) is 14.0 Å². The van der Waals surface area contributed by atoms with Gasteiger partial charge in [0.05, 0.1) is 6.61 Å². The number of carboxylic acid groups (broad SMARTS) is 1. The van der Waals surface area contributed by atoms with Gasteiger partial charge in [-0.3, -0.25) is 9.59 Å². The number of carbonyl (C=O) groups excluding carboxylic acids is 1. The topological polar surface area (TPSA) is 98.9 Å². The molecule has 33 heavy (non-hydrogen) atoms. The van der Waals surface area contributed by atoms with Crippen LogP contribution >= 0.6 is 0 Å². The first-order valence-electron chi connectivity index (χ1n) is 10.9. The third-order valence-corrected chi connectivity index (χ3v) is 5.44. The van der Waals surface area contributed by atoms with Crippen LogP contribution in [-0.2, 0) is 21.0 Å². The van der Waals surface area contributed by atoms with Crippen LogP contribution in [0, 0.1) is 10.8 Å². The third kappa shape index (κ3) is 5.61. The highest BCUT2D eigenvalue weighted by Crippen LogP contribution is 2.50. The van der Waals surface area contributed by atoms with Crippen LogP contribution in [0.4, 0.5) is 4.39 Å². The van der Waals surface area contributed by atoms with Crippen LogP contribution in [-0.4, -0.2) is 28.8 Å². The third-order valence-electron chi connectivity index (χ3n) is 5.44. The van der Waals surface area contributed by atoms with Crippen LogP contribution in [0.15, 0.2) is 34.4 Å². The molecule has 0 bridgehead atoms. The van der Waals surface area contributed by atoms with Gasteiger partial charge in [-0.25, -0.2) is 4.39 Å². The molecule has 1 aliphatic rings. The Labute approximate surface area is 192 Å². The highest BCUT2D eigenvalue weighted by molar-refractivity contribution is 5.80. The largest absolute Gasteiger partial charge is 0.492 e. The molecule has 1 aromatic carbocycles. The van der Waals surface area contributed by atoms with Crippen LogP contribution in [0.1, 0.15) is 65.2 Å². The minimum atomic E-state index is -0.977. The normalized spacial score (nSPS) is 15.5. The number of ether oxygens (including phenoxy) is 2. The van der Waals surface area contributed by atoms with Crippen molar-refractivity contribution in [2.24, 2.45) is 10.8 Å². The summed E-state index contributed by atoms with van der Waals surface area (Å²) >= 11 is 0. The molecule has 2 heterocycles. The highest BCUT2D eigenvalue weighted by Gasteiger charge is 2.41. The van der Waals surface area contributed by atoms with Crippen molar-refractivity contribution in [1.29, 1.82) is 0 Å². The molecule has 0 spiro atoms. The van der Waals surface area contributed by atoms with Gasteiger partial charge in [-0.2, -0.15) is 0 Å². The van der Waals surface area contributed by atoms with Gasteiger partial charge >= 0.3 is 11.9 Å². The summed E-state index contributed by atoms with van der Waals surface area (Å²) in [4.78, 5) is 23.2. The smallest absolute Gasteiger partial charge is 0.311 e. The summed E-state index contributed by atoms with van der Waals surface area (Å²) in [5.41, 5.74) is 2.38. The number of carbonyl (C=O) groups is 2. The summed E-state index contributed by atoms with van der Waals surface area (Å²) in [5, 5.41) is 12.7. The Hall–Kier alpha value is -3.16. The molecule has 3 rings (SSSR count). The van der Waals surface area contributed by atoms with Gasteiger partial charge in [0, 0.05) is 35.4 Å². The number of hydrogen-bond donors (Lipinski definition) is 1. The standard InChI is InChI=1S/C25H30FNO6/c1-24(2,3)23-22(31-14-25(23,4)5)15-9-10-17(18-12-16(13-26)33-27-18)19(11-15)32-21(30)8-6-7-20(28)29/h9-12H,6-8,13-14H2,1-5H3,(H,28,29). The Morgan fingerprint density at radius 2 is 1.94 bits per heavy atom. The van der Waals surface area contributed by atoms with E-state index in [1.807, 2.05) is 6.07 Å². The summed E-state index contributed by atoms with van der Waals surface area (Å²) in [6.45, 7) is 10.4. The molecule has 1 aromatic heterocycles. The van der Waals surface area contributed by atoms with Crippen molar-refractivity contribution < 1.29 is 33.1 Å². The highest BCUT2D eigenvalue weighted by atomic mass is 19.1. The van der Waals surface area contributed by atoms with Gasteiger partial charge in [0.15, 0.2) is 5.76 Å². The fourth-order valence-corrected chi connectivity index (χ4v) is 4.31. The Morgan fingerprint density at radius 1 is 1.21 bits per heavy atom. The molecule has 0 saturated carbocycles. The van der Waals surface area contributed by atoms with Crippen molar-refractivity contribution in [3.05, 3.63) is 41.2 Å². The van der Waals surface area contributed by atoms with Gasteiger partial charge in [-0.15, -0.1) is 0 Å². The van der Waals surface area contributed by atoms with Crippen LogP contribution in [0.25, 0.3) is 17.0 Å². The molecule has 0 amide bonds. The number of esters is 1. The van der Waals surface area contributed by atoms with Gasteiger partial charge < -0.3 is 19.1 Å². The average Bonchev–Trinajstić information content (AvgIpc) is 3.31. The van der Waals surface area contributed by atoms with E-state index in [2.05, 4.69) is 39.8 Å². The molecular weight excluding hydrogens is 429 g/mol. The van der Waals surface area contributed by atoms with Crippen molar-refractivity contribution in [3.8, 4) is 17.0 Å². The molecule has 1 aliphatic heterocycles. The molecule has 0 saturated heterocycles. The molecule has 0 aliphatic carbocycles. The zero-order chi connectivity index (χ0) is 24.4. The van der Waals surface area contributed by atoms with E-state index in [0.29, 0.717) is 17.9 Å². The summed E-state index contributed by atoms with van der Waals surface area (Å²) in [7, 11) is 0. The Morgan fingerprint density at radius 3 is 2.55 bits per heavy atom. The fraction of sp³-hybridized carbons (Fsp3) is 0.480. The maximum absolute atomic E-state index is 13.0. The predicted molar refractivity (Wildman–Crippen MR) is 120 cm³/mol. The average molecular weight is 460 g/mol. The minimum Gasteiger partial charge on any atom is -0.492 e. The predicted octanol–water partition coefficient (Wildman–Crippen LogP) is 5.79. The number of benzene rings is 1. The number of carboxylic acids is 1. The van der Waals surface area contributed by atoms with Crippen LogP contribution in [0.3, 0.4) is 0 Å². The number of nitrogens with zero attached hydrogens (tertiary/aromatic N) is 1. The Balaban J connectivity index is 2.03. The van der Waals surface area contributed by atoms with Crippen LogP contribution in [0.5, 0.6) is 5.75 Å². The minimum absolute atomic E-state index is 0.0516. The van der Waals surface area contributed by atoms with Crippen molar-refractivity contribution in [2.45, 2.75) is 60.6 Å². The van der Waals surface area contributed by atoms with Gasteiger partial charge in [0.25, 0.3) is 0 Å². The monoisotopic (exact) mass is 459 g/mol. The fourth-order valence-electron chi connectivity index (χ4n) is 4.31. The van der Waals surface area contributed by atoms with E-state index in [1.165, 1.54) is 6.07 Å². The van der Waals surface area contributed by atoms with E-state index in [-0.39, 0.29) is 41.6 Å². The lowest BCUT2D eigenvalue weighted by Gasteiger charge is -2.30. The lowest BCUT2D eigenvalue weighted by molar-refractivity contribution is -0.137. The van der Waals surface area contributed by atoms with Gasteiger partial charge in [0.2, 0.25) is 0 Å². The van der Waals surface area contributed by atoms with Gasteiger partial charge in [0.1, 0.15) is 23.9 Å². The van der Waals surface area contributed by atoms with Crippen LogP contribution < -0.4 is 4.74 Å². The summed E-state index contributed by atoms with van der Waals surface area (Å²) in [6.07, 6.45) is -0.0182. The molecule has 7 nitrogen and oxygen atoms in total. The Kier molecular flexibility index (Phi) is 6.95. The molecular formula is C25H30FNO6. The van der Waals surface area contributed by atoms with Gasteiger partial charge in [-0.05, 0) is 29.5 Å². The number of rotatable bonds is 8. The molecule has 2 aromatic rings. The summed E-state index contributed by atoms with van der Waals surface area (Å²) < 4.78 is 29.7. The first-order chi connectivity index (χ1) is 15.4. The first-order valence-corrected chi connectivity index (χ1v) is 10.9. The summed E-state index contributed by atoms with van der Waals surface area (Å²) in [6, 6.07) is 6.74. The molecule has 178 valence electrons. The van der Waals surface area contributed by atoms with Gasteiger partial charge in [-0.1, -0.05) is 45.8 Å². The zero-order valence-corrected chi connectivity index (χ0v) is 19.7. The second-order valence-corrected chi connectivity index (χ2v) is 9.87. The SMILES string of the molecule is CC(C)(C)C1=C(c2ccc(-c3cc(CF)on3)c(OC(=O)CCCC(=O)O)c2)OCC1(C)C. The first kappa shape index (κ1) is 24.5. The zero-order valence-electron chi connectivity index (χ0n) is 19.7. The van der Waals surface area contributed by atoms with Crippen molar-refractivity contribution in [3.63, 3.8) is 0 Å². The molecule has 0 unspecified atom stereocenters. The summed E-state index contributed by atoms with van der Waals surface area (Å²) in [5.74, 6) is -0.519. The number of aromatic nitrogens is 1. The number of hydrogen-bond acceptors (Lipinski definition) is 6.